The number of primary sulfonamides is 1. The standard InChI is InChI=1S/C11H15BrFN3O2S2/c1-11(6-20(15,17)18,16(2)10(14)19)8-5-7(12)3-4-9(8)13/h3-5H,6H2,1-2H3,(H2,14,19)(H2,15,17,18)/t11-/m0/s1. The highest BCUT2D eigenvalue weighted by Gasteiger charge is 2.38. The molecular formula is C11H15BrFN3O2S2. The van der Waals surface area contributed by atoms with Gasteiger partial charge in [-0.1, -0.05) is 15.9 Å². The van der Waals surface area contributed by atoms with Gasteiger partial charge in [0.2, 0.25) is 10.0 Å². The van der Waals surface area contributed by atoms with Gasteiger partial charge in [-0.15, -0.1) is 0 Å². The molecule has 0 bridgehead atoms. The summed E-state index contributed by atoms with van der Waals surface area (Å²) >= 11 is 8.09. The van der Waals surface area contributed by atoms with Crippen LogP contribution in [0.15, 0.2) is 22.7 Å². The molecule has 112 valence electrons. The molecule has 0 aromatic heterocycles. The summed E-state index contributed by atoms with van der Waals surface area (Å²) in [7, 11) is -2.38. The summed E-state index contributed by atoms with van der Waals surface area (Å²) in [4.78, 5) is 1.32. The molecule has 1 atom stereocenters. The Kier molecular flexibility index (Phi) is 5.12. The molecule has 0 heterocycles. The average molecular weight is 384 g/mol. The maximum absolute atomic E-state index is 14.1. The van der Waals surface area contributed by atoms with E-state index >= 15 is 0 Å². The Morgan fingerprint density at radius 1 is 1.55 bits per heavy atom. The van der Waals surface area contributed by atoms with E-state index in [4.69, 9.17) is 23.1 Å². The second-order valence-corrected chi connectivity index (χ2v) is 7.55. The number of rotatable bonds is 4. The van der Waals surface area contributed by atoms with Crippen molar-refractivity contribution < 1.29 is 12.8 Å². The number of hydrogen-bond acceptors (Lipinski definition) is 3. The van der Waals surface area contributed by atoms with E-state index in [1.54, 1.807) is 0 Å². The number of nitrogens with two attached hydrogens (primary N) is 2. The maximum Gasteiger partial charge on any atom is 0.211 e. The maximum atomic E-state index is 14.1. The number of benzene rings is 1. The van der Waals surface area contributed by atoms with Crippen molar-refractivity contribution in [3.63, 3.8) is 0 Å². The summed E-state index contributed by atoms with van der Waals surface area (Å²) in [6.07, 6.45) is 0. The first kappa shape index (κ1) is 17.3. The Morgan fingerprint density at radius 3 is 2.55 bits per heavy atom. The Morgan fingerprint density at radius 2 is 2.10 bits per heavy atom. The lowest BCUT2D eigenvalue weighted by Gasteiger charge is -2.39. The van der Waals surface area contributed by atoms with Crippen LogP contribution in [0.1, 0.15) is 12.5 Å². The predicted molar refractivity (Wildman–Crippen MR) is 84.0 cm³/mol. The van der Waals surface area contributed by atoms with Gasteiger partial charge < -0.3 is 10.6 Å². The monoisotopic (exact) mass is 383 g/mol. The van der Waals surface area contributed by atoms with Crippen LogP contribution in [0.5, 0.6) is 0 Å². The molecule has 1 aromatic rings. The summed E-state index contributed by atoms with van der Waals surface area (Å²) < 4.78 is 37.7. The zero-order valence-corrected chi connectivity index (χ0v) is 14.1. The molecule has 0 spiro atoms. The largest absolute Gasteiger partial charge is 0.376 e. The lowest BCUT2D eigenvalue weighted by atomic mass is 9.92. The smallest absolute Gasteiger partial charge is 0.211 e. The lowest BCUT2D eigenvalue weighted by Crippen LogP contribution is -2.52. The average Bonchev–Trinajstić information content (AvgIpc) is 2.28. The zero-order chi connectivity index (χ0) is 15.7. The Bertz CT molecular complexity index is 639. The molecule has 0 saturated heterocycles. The van der Waals surface area contributed by atoms with Crippen molar-refractivity contribution in [3.05, 3.63) is 34.1 Å². The molecule has 1 rings (SSSR count). The molecule has 20 heavy (non-hydrogen) atoms. The Hall–Kier alpha value is -0.770. The zero-order valence-electron chi connectivity index (χ0n) is 10.9. The van der Waals surface area contributed by atoms with Crippen LogP contribution >= 0.6 is 28.1 Å². The molecule has 0 saturated carbocycles. The third-order valence-electron chi connectivity index (χ3n) is 3.06. The summed E-state index contributed by atoms with van der Waals surface area (Å²) in [5, 5.41) is 5.05. The van der Waals surface area contributed by atoms with Crippen molar-refractivity contribution in [2.75, 3.05) is 12.8 Å². The third kappa shape index (κ3) is 3.87. The highest BCUT2D eigenvalue weighted by Crippen LogP contribution is 2.32. The van der Waals surface area contributed by atoms with Crippen molar-refractivity contribution in [1.82, 2.24) is 4.90 Å². The van der Waals surface area contributed by atoms with Crippen molar-refractivity contribution in [3.8, 4) is 0 Å². The van der Waals surface area contributed by atoms with Gasteiger partial charge in [-0.25, -0.2) is 17.9 Å². The first-order chi connectivity index (χ1) is 8.97. The molecule has 0 aliphatic heterocycles. The van der Waals surface area contributed by atoms with Gasteiger partial charge in [0.05, 0.1) is 11.3 Å². The minimum absolute atomic E-state index is 0.0597. The van der Waals surface area contributed by atoms with Crippen LogP contribution in [0.4, 0.5) is 4.39 Å². The minimum Gasteiger partial charge on any atom is -0.376 e. The lowest BCUT2D eigenvalue weighted by molar-refractivity contribution is 0.255. The second kappa shape index (κ2) is 5.92. The first-order valence-corrected chi connectivity index (χ1v) is 8.38. The summed E-state index contributed by atoms with van der Waals surface area (Å²) in [6, 6.07) is 4.22. The summed E-state index contributed by atoms with van der Waals surface area (Å²) in [5.41, 5.74) is 4.38. The molecule has 0 aliphatic carbocycles. The summed E-state index contributed by atoms with van der Waals surface area (Å²) in [6.45, 7) is 1.52. The molecule has 5 nitrogen and oxygen atoms in total. The third-order valence-corrected chi connectivity index (χ3v) is 4.79. The predicted octanol–water partition coefficient (Wildman–Crippen LogP) is 1.27. The van der Waals surface area contributed by atoms with Gasteiger partial charge in [0.15, 0.2) is 5.11 Å². The number of sulfonamides is 1. The first-order valence-electron chi connectivity index (χ1n) is 5.46. The van der Waals surface area contributed by atoms with Crippen LogP contribution in [-0.2, 0) is 15.6 Å². The fraction of sp³-hybridized carbons (Fsp3) is 0.364. The van der Waals surface area contributed by atoms with E-state index in [0.29, 0.717) is 4.47 Å². The molecule has 0 amide bonds. The van der Waals surface area contributed by atoms with Crippen LogP contribution in [-0.4, -0.2) is 31.2 Å². The topological polar surface area (TPSA) is 89.4 Å². The highest BCUT2D eigenvalue weighted by atomic mass is 79.9. The van der Waals surface area contributed by atoms with Crippen molar-refractivity contribution >= 4 is 43.3 Å². The molecule has 0 radical (unpaired) electrons. The van der Waals surface area contributed by atoms with E-state index < -0.39 is 27.1 Å². The molecule has 0 aliphatic rings. The normalized spacial score (nSPS) is 14.7. The van der Waals surface area contributed by atoms with E-state index in [-0.39, 0.29) is 10.7 Å². The number of thiocarbonyl (C=S) groups is 1. The van der Waals surface area contributed by atoms with Crippen molar-refractivity contribution in [1.29, 1.82) is 0 Å². The van der Waals surface area contributed by atoms with Gasteiger partial charge in [0, 0.05) is 17.1 Å². The van der Waals surface area contributed by atoms with Gasteiger partial charge in [-0.05, 0) is 37.3 Å². The van der Waals surface area contributed by atoms with E-state index in [1.165, 1.54) is 37.1 Å². The second-order valence-electron chi connectivity index (χ2n) is 4.60. The molecule has 9 heteroatoms. The number of hydrogen-bond donors (Lipinski definition) is 2. The van der Waals surface area contributed by atoms with Crippen LogP contribution in [0.25, 0.3) is 0 Å². The fourth-order valence-corrected chi connectivity index (χ4v) is 3.60. The Labute approximate surface area is 131 Å². The van der Waals surface area contributed by atoms with Crippen LogP contribution < -0.4 is 10.9 Å². The molecule has 0 unspecified atom stereocenters. The summed E-state index contributed by atoms with van der Waals surface area (Å²) in [5.74, 6) is -1.09. The van der Waals surface area contributed by atoms with Crippen LogP contribution in [0.3, 0.4) is 0 Å². The van der Waals surface area contributed by atoms with Gasteiger partial charge in [0.25, 0.3) is 0 Å². The molecule has 0 fully saturated rings. The van der Waals surface area contributed by atoms with E-state index in [9.17, 15) is 12.8 Å². The van der Waals surface area contributed by atoms with Crippen molar-refractivity contribution in [2.24, 2.45) is 10.9 Å². The SMILES string of the molecule is CN(C(N)=S)[C@@](C)(CS(N)(=O)=O)c1cc(Br)ccc1F. The van der Waals surface area contributed by atoms with Crippen LogP contribution in [0.2, 0.25) is 0 Å². The van der Waals surface area contributed by atoms with Gasteiger partial charge in [-0.3, -0.25) is 0 Å². The minimum atomic E-state index is -3.88. The van der Waals surface area contributed by atoms with E-state index in [0.717, 1.165) is 0 Å². The van der Waals surface area contributed by atoms with Gasteiger partial charge in [0.1, 0.15) is 5.82 Å². The molecule has 1 aromatic carbocycles. The fourth-order valence-electron chi connectivity index (χ4n) is 1.90. The van der Waals surface area contributed by atoms with Gasteiger partial charge in [-0.2, -0.15) is 0 Å². The quantitative estimate of drug-likeness (QED) is 0.764. The van der Waals surface area contributed by atoms with E-state index in [1.807, 2.05) is 0 Å². The molecule has 4 N–H and O–H groups in total. The molecular weight excluding hydrogens is 369 g/mol. The highest BCUT2D eigenvalue weighted by molar-refractivity contribution is 9.10. The van der Waals surface area contributed by atoms with Gasteiger partial charge >= 0.3 is 0 Å². The Balaban J connectivity index is 3.52. The van der Waals surface area contributed by atoms with Crippen LogP contribution in [0, 0.1) is 5.82 Å². The number of nitrogens with zero attached hydrogens (tertiary/aromatic N) is 1. The van der Waals surface area contributed by atoms with E-state index in [2.05, 4.69) is 15.9 Å². The number of halogens is 2. The van der Waals surface area contributed by atoms with Crippen molar-refractivity contribution in [2.45, 2.75) is 12.5 Å².